The molecule has 2 unspecified atom stereocenters. The van der Waals surface area contributed by atoms with E-state index in [9.17, 15) is 4.79 Å². The van der Waals surface area contributed by atoms with Crippen LogP contribution in [0, 0.1) is 18.8 Å². The average Bonchev–Trinajstić information content (AvgIpc) is 3.03. The van der Waals surface area contributed by atoms with Gasteiger partial charge in [0.05, 0.1) is 19.6 Å². The second kappa shape index (κ2) is 12.0. The lowest BCUT2D eigenvalue weighted by atomic mass is 9.99. The van der Waals surface area contributed by atoms with Crippen LogP contribution in [0.3, 0.4) is 0 Å². The van der Waals surface area contributed by atoms with Crippen LogP contribution < -0.4 is 10.1 Å². The number of aryl methyl sites for hydroxylation is 1. The third kappa shape index (κ3) is 7.20. The molecular weight excluding hydrogens is 457 g/mol. The number of ether oxygens (including phenoxy) is 2. The summed E-state index contributed by atoms with van der Waals surface area (Å²) in [5.41, 5.74) is 1.23. The van der Waals surface area contributed by atoms with Crippen LogP contribution in [0.2, 0.25) is 0 Å². The van der Waals surface area contributed by atoms with Crippen LogP contribution in [0.5, 0.6) is 5.75 Å². The Kier molecular flexibility index (Phi) is 10.5. The fourth-order valence-corrected chi connectivity index (χ4v) is 3.18. The van der Waals surface area contributed by atoms with E-state index in [4.69, 9.17) is 9.47 Å². The van der Waals surface area contributed by atoms with Gasteiger partial charge in [0.1, 0.15) is 5.75 Å². The smallest absolute Gasteiger partial charge is 0.310 e. The molecule has 1 fully saturated rings. The van der Waals surface area contributed by atoms with Gasteiger partial charge in [-0.2, -0.15) is 0 Å². The molecule has 0 aliphatic carbocycles. The van der Waals surface area contributed by atoms with Crippen molar-refractivity contribution >= 4 is 35.9 Å². The summed E-state index contributed by atoms with van der Waals surface area (Å²) >= 11 is 0. The summed E-state index contributed by atoms with van der Waals surface area (Å²) in [4.78, 5) is 18.3. The molecule has 0 saturated carbocycles. The zero-order valence-corrected chi connectivity index (χ0v) is 19.1. The van der Waals surface area contributed by atoms with E-state index in [0.717, 1.165) is 37.6 Å². The number of aliphatic imine (C=N–C) groups is 1. The van der Waals surface area contributed by atoms with Gasteiger partial charge >= 0.3 is 5.97 Å². The summed E-state index contributed by atoms with van der Waals surface area (Å²) < 4.78 is 10.6. The lowest BCUT2D eigenvalue weighted by Gasteiger charge is -2.21. The summed E-state index contributed by atoms with van der Waals surface area (Å²) in [6.45, 7) is 7.15. The van der Waals surface area contributed by atoms with Gasteiger partial charge in [0.25, 0.3) is 0 Å². The Morgan fingerprint density at radius 3 is 2.59 bits per heavy atom. The maximum atomic E-state index is 11.8. The molecule has 7 heteroatoms. The van der Waals surface area contributed by atoms with E-state index in [1.54, 1.807) is 7.05 Å². The molecule has 0 radical (unpaired) electrons. The van der Waals surface area contributed by atoms with Gasteiger partial charge in [0, 0.05) is 26.7 Å². The molecule has 6 nitrogen and oxygen atoms in total. The van der Waals surface area contributed by atoms with Gasteiger partial charge in [-0.15, -0.1) is 24.0 Å². The third-order valence-corrected chi connectivity index (χ3v) is 4.77. The highest BCUT2D eigenvalue weighted by Gasteiger charge is 2.36. The van der Waals surface area contributed by atoms with Gasteiger partial charge in [0.15, 0.2) is 5.96 Å². The van der Waals surface area contributed by atoms with Gasteiger partial charge in [0.2, 0.25) is 0 Å². The van der Waals surface area contributed by atoms with E-state index in [1.165, 1.54) is 12.7 Å². The van der Waals surface area contributed by atoms with Crippen molar-refractivity contribution in [3.63, 3.8) is 0 Å². The molecular formula is C20H32IN3O3. The average molecular weight is 489 g/mol. The molecule has 0 amide bonds. The van der Waals surface area contributed by atoms with Crippen LogP contribution in [0.15, 0.2) is 29.3 Å². The van der Waals surface area contributed by atoms with E-state index in [2.05, 4.69) is 41.2 Å². The predicted octanol–water partition coefficient (Wildman–Crippen LogP) is 3.09. The van der Waals surface area contributed by atoms with Crippen molar-refractivity contribution in [2.45, 2.75) is 26.7 Å². The minimum atomic E-state index is -0.135. The largest absolute Gasteiger partial charge is 0.494 e. The van der Waals surface area contributed by atoms with Crippen molar-refractivity contribution in [2.24, 2.45) is 16.8 Å². The molecule has 1 aromatic carbocycles. The highest BCUT2D eigenvalue weighted by atomic mass is 127. The Morgan fingerprint density at radius 2 is 1.96 bits per heavy atom. The Hall–Kier alpha value is -1.51. The van der Waals surface area contributed by atoms with Crippen LogP contribution in [0.25, 0.3) is 0 Å². The van der Waals surface area contributed by atoms with E-state index in [-0.39, 0.29) is 41.8 Å². The third-order valence-electron chi connectivity index (χ3n) is 4.77. The van der Waals surface area contributed by atoms with Crippen molar-refractivity contribution in [2.75, 3.05) is 40.4 Å². The molecule has 1 saturated heterocycles. The zero-order chi connectivity index (χ0) is 18.9. The summed E-state index contributed by atoms with van der Waals surface area (Å²) in [5, 5.41) is 3.38. The topological polar surface area (TPSA) is 63.2 Å². The predicted molar refractivity (Wildman–Crippen MR) is 119 cm³/mol. The molecule has 0 spiro atoms. The number of nitrogens with one attached hydrogen (secondary N) is 1. The molecule has 1 N–H and O–H groups in total. The number of esters is 1. The maximum absolute atomic E-state index is 11.8. The molecule has 152 valence electrons. The molecule has 0 bridgehead atoms. The van der Waals surface area contributed by atoms with Crippen LogP contribution in [0.4, 0.5) is 0 Å². The second-order valence-corrected chi connectivity index (χ2v) is 6.85. The molecule has 27 heavy (non-hydrogen) atoms. The van der Waals surface area contributed by atoms with Crippen molar-refractivity contribution in [1.29, 1.82) is 0 Å². The van der Waals surface area contributed by atoms with E-state index >= 15 is 0 Å². The van der Waals surface area contributed by atoms with E-state index < -0.39 is 0 Å². The Balaban J connectivity index is 0.00000364. The first kappa shape index (κ1) is 23.5. The quantitative estimate of drug-likeness (QED) is 0.210. The van der Waals surface area contributed by atoms with Gasteiger partial charge in [-0.05, 0) is 37.8 Å². The van der Waals surface area contributed by atoms with Gasteiger partial charge in [-0.3, -0.25) is 9.79 Å². The lowest BCUT2D eigenvalue weighted by molar-refractivity contribution is -0.145. The summed E-state index contributed by atoms with van der Waals surface area (Å²) in [6.07, 6.45) is 1.97. The fraction of sp³-hybridized carbons (Fsp3) is 0.600. The second-order valence-electron chi connectivity index (χ2n) is 6.85. The Labute approximate surface area is 179 Å². The number of rotatable bonds is 7. The normalized spacial score (nSPS) is 19.4. The number of carbonyl (C=O) groups excluding carboxylic acids is 1. The van der Waals surface area contributed by atoms with Crippen LogP contribution >= 0.6 is 24.0 Å². The minimum absolute atomic E-state index is 0. The first-order valence-corrected chi connectivity index (χ1v) is 9.28. The number of likely N-dealkylation sites (tertiary alicyclic amines) is 1. The standard InChI is InChI=1S/C20H31N3O3.HI/c1-15-7-9-17(10-8-15)26-12-6-5-11-22-20(21-3)23-13-16(2)18(14-23)19(24)25-4;/h7-10,16,18H,5-6,11-14H2,1-4H3,(H,21,22);1H. The number of halogens is 1. The molecule has 2 rings (SSSR count). The van der Waals surface area contributed by atoms with Crippen molar-refractivity contribution in [1.82, 2.24) is 10.2 Å². The number of guanidine groups is 1. The van der Waals surface area contributed by atoms with Gasteiger partial charge < -0.3 is 19.7 Å². The van der Waals surface area contributed by atoms with Crippen LogP contribution in [-0.4, -0.2) is 57.2 Å². The number of unbranched alkanes of at least 4 members (excludes halogenated alkanes) is 1. The highest BCUT2D eigenvalue weighted by molar-refractivity contribution is 14.0. The van der Waals surface area contributed by atoms with Crippen molar-refractivity contribution in [3.05, 3.63) is 29.8 Å². The molecule has 1 aliphatic heterocycles. The van der Waals surface area contributed by atoms with Crippen LogP contribution in [0.1, 0.15) is 25.3 Å². The Morgan fingerprint density at radius 1 is 1.26 bits per heavy atom. The number of carbonyl (C=O) groups is 1. The maximum Gasteiger partial charge on any atom is 0.310 e. The van der Waals surface area contributed by atoms with Gasteiger partial charge in [-0.1, -0.05) is 24.6 Å². The Bertz CT molecular complexity index is 607. The number of benzene rings is 1. The fourth-order valence-electron chi connectivity index (χ4n) is 3.18. The summed E-state index contributed by atoms with van der Waals surface area (Å²) in [6, 6.07) is 8.11. The molecule has 0 aromatic heterocycles. The summed E-state index contributed by atoms with van der Waals surface area (Å²) in [5.74, 6) is 1.82. The van der Waals surface area contributed by atoms with Gasteiger partial charge in [-0.25, -0.2) is 0 Å². The zero-order valence-electron chi connectivity index (χ0n) is 16.7. The van der Waals surface area contributed by atoms with Crippen molar-refractivity contribution < 1.29 is 14.3 Å². The first-order valence-electron chi connectivity index (χ1n) is 9.28. The number of methoxy groups -OCH3 is 1. The number of nitrogens with zero attached hydrogens (tertiary/aromatic N) is 2. The summed E-state index contributed by atoms with van der Waals surface area (Å²) in [7, 11) is 3.22. The first-order chi connectivity index (χ1) is 12.5. The van der Waals surface area contributed by atoms with E-state index in [0.29, 0.717) is 13.2 Å². The highest BCUT2D eigenvalue weighted by Crippen LogP contribution is 2.24. The minimum Gasteiger partial charge on any atom is -0.494 e. The van der Waals surface area contributed by atoms with Crippen molar-refractivity contribution in [3.8, 4) is 5.75 Å². The number of hydrogen-bond acceptors (Lipinski definition) is 4. The number of hydrogen-bond donors (Lipinski definition) is 1. The van der Waals surface area contributed by atoms with E-state index in [1.807, 2.05) is 12.1 Å². The molecule has 1 aliphatic rings. The lowest BCUT2D eigenvalue weighted by Crippen LogP contribution is -2.41. The van der Waals surface area contributed by atoms with Crippen LogP contribution in [-0.2, 0) is 9.53 Å². The molecule has 2 atom stereocenters. The monoisotopic (exact) mass is 489 g/mol. The molecule has 1 heterocycles. The molecule has 1 aromatic rings. The SMILES string of the molecule is CN=C(NCCCCOc1ccc(C)cc1)N1CC(C)C(C(=O)OC)C1.I.